The van der Waals surface area contributed by atoms with Crippen LogP contribution in [-0.2, 0) is 4.79 Å². The van der Waals surface area contributed by atoms with Gasteiger partial charge in [-0.3, -0.25) is 4.79 Å². The molecule has 3 heteroatoms. The van der Waals surface area contributed by atoms with Crippen molar-refractivity contribution in [2.24, 2.45) is 5.92 Å². The number of carbonyl (C=O) groups excluding carboxylic acids is 1. The first-order valence-corrected chi connectivity index (χ1v) is 6.58. The van der Waals surface area contributed by atoms with Gasteiger partial charge in [-0.1, -0.05) is 20.3 Å². The van der Waals surface area contributed by atoms with Crippen LogP contribution in [0.5, 0.6) is 0 Å². The minimum Gasteiger partial charge on any atom is -0.313 e. The van der Waals surface area contributed by atoms with Crippen molar-refractivity contribution in [3.8, 4) is 0 Å². The van der Waals surface area contributed by atoms with Gasteiger partial charge in [-0.2, -0.15) is 5.06 Å². The molecule has 3 nitrogen and oxygen atoms in total. The minimum atomic E-state index is -0.307. The third kappa shape index (κ3) is 4.40. The van der Waals surface area contributed by atoms with Gasteiger partial charge in [0.05, 0.1) is 0 Å². The first kappa shape index (κ1) is 16.6. The van der Waals surface area contributed by atoms with Crippen LogP contribution in [0.3, 0.4) is 0 Å². The number of rotatable bonds is 1. The highest BCUT2D eigenvalue weighted by Crippen LogP contribution is 2.39. The van der Waals surface area contributed by atoms with Gasteiger partial charge in [-0.05, 0) is 47.5 Å². The largest absolute Gasteiger partial charge is 0.313 e. The van der Waals surface area contributed by atoms with E-state index in [-0.39, 0.29) is 22.8 Å². The Morgan fingerprint density at radius 3 is 1.71 bits per heavy atom. The number of Topliss-reactive ketones (excluding diaryl/α,β-unsaturated/α-hetero) is 1. The van der Waals surface area contributed by atoms with Crippen LogP contribution in [0, 0.1) is 5.92 Å². The van der Waals surface area contributed by atoms with Crippen LogP contribution in [0.4, 0.5) is 0 Å². The summed E-state index contributed by atoms with van der Waals surface area (Å²) in [5.41, 5.74) is -0.615. The van der Waals surface area contributed by atoms with Crippen molar-refractivity contribution >= 4 is 5.78 Å². The van der Waals surface area contributed by atoms with E-state index in [0.29, 0.717) is 0 Å². The number of carbonyl (C=O) groups is 1. The summed E-state index contributed by atoms with van der Waals surface area (Å²) in [5, 5.41) is 11.4. The molecule has 1 aliphatic heterocycles. The summed E-state index contributed by atoms with van der Waals surface area (Å²) in [4.78, 5) is 11.4. The normalized spacial score (nSPS) is 23.8. The molecule has 0 unspecified atom stereocenters. The Morgan fingerprint density at radius 1 is 1.18 bits per heavy atom. The molecular formula is C14H29NO2. The zero-order valence-electron chi connectivity index (χ0n) is 12.5. The first-order chi connectivity index (χ1) is 7.58. The summed E-state index contributed by atoms with van der Waals surface area (Å²) in [6.45, 7) is 13.8. The highest BCUT2D eigenvalue weighted by molar-refractivity contribution is 5.78. The number of hydroxylamine groups is 2. The molecular weight excluding hydrogens is 214 g/mol. The third-order valence-corrected chi connectivity index (χ3v) is 3.21. The van der Waals surface area contributed by atoms with Gasteiger partial charge in [0.2, 0.25) is 0 Å². The monoisotopic (exact) mass is 243 g/mol. The van der Waals surface area contributed by atoms with Gasteiger partial charge >= 0.3 is 0 Å². The minimum absolute atomic E-state index is 0.0865. The molecule has 0 aromatic heterocycles. The highest BCUT2D eigenvalue weighted by atomic mass is 16.5. The van der Waals surface area contributed by atoms with Crippen molar-refractivity contribution in [3.63, 3.8) is 0 Å². The van der Waals surface area contributed by atoms with Gasteiger partial charge < -0.3 is 5.21 Å². The summed E-state index contributed by atoms with van der Waals surface area (Å²) in [7, 11) is 0. The fraction of sp³-hybridized carbons (Fsp3) is 0.929. The number of hydrogen-bond donors (Lipinski definition) is 1. The molecule has 1 heterocycles. The van der Waals surface area contributed by atoms with Crippen LogP contribution < -0.4 is 0 Å². The second kappa shape index (κ2) is 5.96. The quantitative estimate of drug-likeness (QED) is 0.764. The number of hydrogen-bond acceptors (Lipinski definition) is 3. The molecule has 1 aliphatic rings. The van der Waals surface area contributed by atoms with Gasteiger partial charge in [0, 0.05) is 17.0 Å². The fourth-order valence-electron chi connectivity index (χ4n) is 2.56. The van der Waals surface area contributed by atoms with E-state index in [1.807, 2.05) is 27.7 Å². The molecule has 1 fully saturated rings. The van der Waals surface area contributed by atoms with Crippen molar-refractivity contribution < 1.29 is 10.0 Å². The Labute approximate surface area is 106 Å². The molecule has 1 rings (SSSR count). The molecule has 0 aliphatic carbocycles. The van der Waals surface area contributed by atoms with Crippen LogP contribution in [0.15, 0.2) is 0 Å². The Kier molecular flexibility index (Phi) is 5.82. The first-order valence-electron chi connectivity index (χ1n) is 6.58. The van der Waals surface area contributed by atoms with Gasteiger partial charge in [0.15, 0.2) is 0 Å². The van der Waals surface area contributed by atoms with Crippen molar-refractivity contribution in [2.75, 3.05) is 0 Å². The molecule has 17 heavy (non-hydrogen) atoms. The maximum atomic E-state index is 11.4. The molecule has 0 bridgehead atoms. The lowest BCUT2D eigenvalue weighted by Crippen LogP contribution is -2.59. The smallest absolute Gasteiger partial charge is 0.133 e. The molecule has 0 amide bonds. The van der Waals surface area contributed by atoms with Crippen LogP contribution in [0.25, 0.3) is 0 Å². The third-order valence-electron chi connectivity index (χ3n) is 3.21. The van der Waals surface area contributed by atoms with Crippen LogP contribution in [-0.4, -0.2) is 27.1 Å². The van der Waals surface area contributed by atoms with E-state index in [0.717, 1.165) is 12.8 Å². The van der Waals surface area contributed by atoms with Crippen molar-refractivity contribution in [1.82, 2.24) is 5.06 Å². The van der Waals surface area contributed by atoms with E-state index in [1.165, 1.54) is 11.5 Å². The molecule has 1 saturated heterocycles. The summed E-state index contributed by atoms with van der Waals surface area (Å²) >= 11 is 0. The topological polar surface area (TPSA) is 40.5 Å². The maximum Gasteiger partial charge on any atom is 0.133 e. The lowest BCUT2D eigenvalue weighted by atomic mass is 9.74. The summed E-state index contributed by atoms with van der Waals surface area (Å²) in [6.07, 6.45) is 2.73. The molecule has 0 spiro atoms. The van der Waals surface area contributed by atoms with Crippen LogP contribution in [0.2, 0.25) is 0 Å². The molecule has 0 radical (unpaired) electrons. The van der Waals surface area contributed by atoms with Gasteiger partial charge in [-0.15, -0.1) is 0 Å². The van der Waals surface area contributed by atoms with E-state index in [1.54, 1.807) is 6.92 Å². The second-order valence-electron chi connectivity index (χ2n) is 6.36. The van der Waals surface area contributed by atoms with Crippen LogP contribution in [0.1, 0.15) is 67.7 Å². The van der Waals surface area contributed by atoms with Gasteiger partial charge in [-0.25, -0.2) is 0 Å². The fourth-order valence-corrected chi connectivity index (χ4v) is 2.56. The Hall–Kier alpha value is -0.410. The van der Waals surface area contributed by atoms with E-state index >= 15 is 0 Å². The number of nitrogens with zero attached hydrogens (tertiary/aromatic N) is 1. The molecule has 1 N–H and O–H groups in total. The molecule has 0 atom stereocenters. The Bertz CT molecular complexity index is 241. The van der Waals surface area contributed by atoms with Gasteiger partial charge in [0.25, 0.3) is 0 Å². The van der Waals surface area contributed by atoms with E-state index in [4.69, 9.17) is 0 Å². The number of piperidine rings is 1. The number of ketones is 1. The van der Waals surface area contributed by atoms with Crippen molar-refractivity contribution in [3.05, 3.63) is 0 Å². The SMILES string of the molecule is CC(=O)C1CC(C)(C)N(O)C(C)(C)C1.CCC. The van der Waals surface area contributed by atoms with Gasteiger partial charge in [0.1, 0.15) is 5.78 Å². The Morgan fingerprint density at radius 2 is 1.47 bits per heavy atom. The van der Waals surface area contributed by atoms with Crippen LogP contribution >= 0.6 is 0 Å². The van der Waals surface area contributed by atoms with Crippen molar-refractivity contribution in [2.45, 2.75) is 78.8 Å². The summed E-state index contributed by atoms with van der Waals surface area (Å²) < 4.78 is 0. The van der Waals surface area contributed by atoms with Crippen molar-refractivity contribution in [1.29, 1.82) is 0 Å². The lowest BCUT2D eigenvalue weighted by molar-refractivity contribution is -0.249. The van der Waals surface area contributed by atoms with E-state index in [9.17, 15) is 10.0 Å². The summed E-state index contributed by atoms with van der Waals surface area (Å²) in [6, 6.07) is 0. The predicted octanol–water partition coefficient (Wildman–Crippen LogP) is 3.65. The highest BCUT2D eigenvalue weighted by Gasteiger charge is 2.46. The molecule has 0 saturated carbocycles. The zero-order valence-corrected chi connectivity index (χ0v) is 12.5. The molecule has 0 aromatic carbocycles. The molecule has 0 aromatic rings. The molecule has 102 valence electrons. The van der Waals surface area contributed by atoms with E-state index in [2.05, 4.69) is 13.8 Å². The predicted molar refractivity (Wildman–Crippen MR) is 71.2 cm³/mol. The second-order valence-corrected chi connectivity index (χ2v) is 6.36. The maximum absolute atomic E-state index is 11.4. The Balaban J connectivity index is 0.000000770. The zero-order chi connectivity index (χ0) is 13.9. The van der Waals surface area contributed by atoms with E-state index < -0.39 is 0 Å². The average Bonchev–Trinajstić information content (AvgIpc) is 2.14. The summed E-state index contributed by atoms with van der Waals surface area (Å²) in [5.74, 6) is 0.322. The standard InChI is InChI=1S/C11H21NO2.C3H8/c1-8(13)9-6-10(2,3)12(14)11(4,5)7-9;1-3-2/h9,14H,6-7H2,1-5H3;3H2,1-2H3. The average molecular weight is 243 g/mol. The lowest BCUT2D eigenvalue weighted by Gasteiger charge is -2.51.